The molecule has 1 aromatic carbocycles. The van der Waals surface area contributed by atoms with Crippen molar-refractivity contribution in [1.82, 2.24) is 4.90 Å². The second-order valence-electron chi connectivity index (χ2n) is 4.84. The van der Waals surface area contributed by atoms with Crippen molar-refractivity contribution in [2.45, 2.75) is 26.3 Å². The van der Waals surface area contributed by atoms with Gasteiger partial charge in [-0.05, 0) is 49.6 Å². The van der Waals surface area contributed by atoms with Crippen LogP contribution in [0.25, 0.3) is 6.08 Å². The fourth-order valence-corrected chi connectivity index (χ4v) is 2.23. The molecular weight excluding hydrogens is 265 g/mol. The first-order valence-electron chi connectivity index (χ1n) is 6.36. The molecule has 1 aliphatic rings. The molecule has 0 aliphatic carbocycles. The third-order valence-corrected chi connectivity index (χ3v) is 3.29. The number of carbonyl (C=O) groups excluding carboxylic acids is 1. The smallest absolute Gasteiger partial charge is 0.545 e. The number of nitrogens with zero attached hydrogens (tertiary/aromatic N) is 1. The van der Waals surface area contributed by atoms with Crippen LogP contribution in [-0.4, -0.2) is 24.0 Å². The second-order valence-corrected chi connectivity index (χ2v) is 4.84. The minimum absolute atomic E-state index is 0. The van der Waals surface area contributed by atoms with Crippen molar-refractivity contribution in [1.29, 1.82) is 0 Å². The zero-order valence-electron chi connectivity index (χ0n) is 11.7. The van der Waals surface area contributed by atoms with Crippen molar-refractivity contribution in [3.05, 3.63) is 41.0 Å². The minimum Gasteiger partial charge on any atom is -0.545 e. The van der Waals surface area contributed by atoms with Crippen LogP contribution in [-0.2, 0) is 11.3 Å². The Kier molecular flexibility index (Phi) is 7.50. The van der Waals surface area contributed by atoms with Gasteiger partial charge >= 0.3 is 51.4 Å². The zero-order valence-corrected chi connectivity index (χ0v) is 14.8. The van der Waals surface area contributed by atoms with Crippen molar-refractivity contribution in [2.75, 3.05) is 13.1 Å². The normalized spacial score (nSPS) is 16.2. The predicted octanol–water partition coefficient (Wildman–Crippen LogP) is -1.56. The average Bonchev–Trinajstić information content (AvgIpc) is 2.84. The van der Waals surface area contributed by atoms with Crippen molar-refractivity contribution in [3.8, 4) is 0 Å². The Morgan fingerprint density at radius 3 is 2.37 bits per heavy atom. The molecule has 0 bridgehead atoms. The van der Waals surface area contributed by atoms with E-state index < -0.39 is 5.97 Å². The number of aliphatic carboxylic acids is 1. The van der Waals surface area contributed by atoms with E-state index in [0.717, 1.165) is 12.1 Å². The molecular formula is C15H18KNO2. The molecule has 4 heteroatoms. The van der Waals surface area contributed by atoms with Gasteiger partial charge in [0.25, 0.3) is 0 Å². The van der Waals surface area contributed by atoms with E-state index in [0.29, 0.717) is 0 Å². The maximum absolute atomic E-state index is 10.6. The van der Waals surface area contributed by atoms with Gasteiger partial charge in [0.1, 0.15) is 0 Å². The Balaban J connectivity index is 0.00000180. The van der Waals surface area contributed by atoms with Crippen LogP contribution in [0.2, 0.25) is 0 Å². The fraction of sp³-hybridized carbons (Fsp3) is 0.400. The molecule has 1 heterocycles. The van der Waals surface area contributed by atoms with Gasteiger partial charge in [-0.25, -0.2) is 0 Å². The van der Waals surface area contributed by atoms with Crippen LogP contribution in [0.15, 0.2) is 29.8 Å². The molecule has 0 atom stereocenters. The van der Waals surface area contributed by atoms with E-state index in [9.17, 15) is 9.90 Å². The van der Waals surface area contributed by atoms with Gasteiger partial charge in [-0.3, -0.25) is 4.90 Å². The Morgan fingerprint density at radius 2 is 1.84 bits per heavy atom. The largest absolute Gasteiger partial charge is 1.00 e. The maximum atomic E-state index is 10.6. The number of rotatable bonds is 4. The first-order chi connectivity index (χ1) is 8.65. The van der Waals surface area contributed by atoms with Crippen LogP contribution < -0.4 is 56.5 Å². The number of benzene rings is 1. The van der Waals surface area contributed by atoms with Gasteiger partial charge < -0.3 is 9.90 Å². The summed E-state index contributed by atoms with van der Waals surface area (Å²) in [6.45, 7) is 4.91. The van der Waals surface area contributed by atoms with Crippen LogP contribution in [0, 0.1) is 0 Å². The summed E-state index contributed by atoms with van der Waals surface area (Å²) in [6, 6.07) is 8.04. The average molecular weight is 283 g/mol. The number of likely N-dealkylation sites (tertiary alicyclic amines) is 1. The minimum atomic E-state index is -1.11. The van der Waals surface area contributed by atoms with Crippen LogP contribution in [0.5, 0.6) is 0 Å². The molecule has 0 radical (unpaired) electrons. The Hall–Kier alpha value is 0.0264. The van der Waals surface area contributed by atoms with E-state index in [1.165, 1.54) is 31.5 Å². The summed E-state index contributed by atoms with van der Waals surface area (Å²) in [6.07, 6.45) is 4.23. The zero-order chi connectivity index (χ0) is 13.0. The summed E-state index contributed by atoms with van der Waals surface area (Å²) in [4.78, 5) is 13.1. The van der Waals surface area contributed by atoms with Crippen LogP contribution in [0.3, 0.4) is 0 Å². The van der Waals surface area contributed by atoms with Gasteiger partial charge in [-0.1, -0.05) is 30.3 Å². The molecule has 96 valence electrons. The molecule has 2 rings (SSSR count). The van der Waals surface area contributed by atoms with E-state index in [-0.39, 0.29) is 57.0 Å². The van der Waals surface area contributed by atoms with Crippen molar-refractivity contribution in [3.63, 3.8) is 0 Å². The molecule has 0 saturated carbocycles. The summed E-state index contributed by atoms with van der Waals surface area (Å²) in [5.41, 5.74) is 2.43. The van der Waals surface area contributed by atoms with Gasteiger partial charge in [-0.2, -0.15) is 0 Å². The summed E-state index contributed by atoms with van der Waals surface area (Å²) >= 11 is 0. The summed E-state index contributed by atoms with van der Waals surface area (Å²) < 4.78 is 0. The Labute approximate surface area is 157 Å². The van der Waals surface area contributed by atoms with Crippen molar-refractivity contribution < 1.29 is 61.3 Å². The number of hydrogen-bond acceptors (Lipinski definition) is 3. The van der Waals surface area contributed by atoms with Crippen LogP contribution in [0.4, 0.5) is 0 Å². The van der Waals surface area contributed by atoms with E-state index >= 15 is 0 Å². The van der Waals surface area contributed by atoms with E-state index in [1.807, 2.05) is 12.1 Å². The molecule has 1 aliphatic heterocycles. The molecule has 0 amide bonds. The number of hydrogen-bond donors (Lipinski definition) is 0. The fourth-order valence-electron chi connectivity index (χ4n) is 2.23. The van der Waals surface area contributed by atoms with Crippen molar-refractivity contribution in [2.24, 2.45) is 0 Å². The first kappa shape index (κ1) is 17.1. The SMILES string of the molecule is CC(=Cc1ccc(CN2CCCC2)cc1)C(=O)[O-].[K+]. The van der Waals surface area contributed by atoms with Gasteiger partial charge in [0.15, 0.2) is 0 Å². The number of carbonyl (C=O) groups is 1. The first-order valence-corrected chi connectivity index (χ1v) is 6.36. The third kappa shape index (κ3) is 5.50. The Bertz CT molecular complexity index is 448. The molecule has 0 aromatic heterocycles. The summed E-state index contributed by atoms with van der Waals surface area (Å²) in [5, 5.41) is 10.6. The molecule has 1 saturated heterocycles. The van der Waals surface area contributed by atoms with Gasteiger partial charge in [-0.15, -0.1) is 0 Å². The topological polar surface area (TPSA) is 43.4 Å². The van der Waals surface area contributed by atoms with Gasteiger partial charge in [0.05, 0.1) is 5.97 Å². The predicted molar refractivity (Wildman–Crippen MR) is 69.6 cm³/mol. The summed E-state index contributed by atoms with van der Waals surface area (Å²) in [5.74, 6) is -1.11. The molecule has 0 spiro atoms. The number of carboxylic acid groups (broad SMARTS) is 1. The summed E-state index contributed by atoms with van der Waals surface area (Å²) in [7, 11) is 0. The van der Waals surface area contributed by atoms with Gasteiger partial charge in [0, 0.05) is 6.54 Å². The second kappa shape index (κ2) is 8.34. The van der Waals surface area contributed by atoms with Crippen LogP contribution >= 0.6 is 0 Å². The third-order valence-electron chi connectivity index (χ3n) is 3.29. The van der Waals surface area contributed by atoms with E-state index in [2.05, 4.69) is 17.0 Å². The Morgan fingerprint density at radius 1 is 1.26 bits per heavy atom. The quantitative estimate of drug-likeness (QED) is 0.496. The van der Waals surface area contributed by atoms with Crippen LogP contribution in [0.1, 0.15) is 30.9 Å². The van der Waals surface area contributed by atoms with E-state index in [1.54, 1.807) is 13.0 Å². The molecule has 1 aromatic rings. The standard InChI is InChI=1S/C15H19NO2.K/c1-12(15(17)18)10-13-4-6-14(7-5-13)11-16-8-2-3-9-16;/h4-7,10H,2-3,8-9,11H2,1H3,(H,17,18);/q;+1/p-1. The molecule has 0 unspecified atom stereocenters. The molecule has 0 N–H and O–H groups in total. The monoisotopic (exact) mass is 283 g/mol. The molecule has 19 heavy (non-hydrogen) atoms. The molecule has 1 fully saturated rings. The number of carboxylic acids is 1. The van der Waals surface area contributed by atoms with E-state index in [4.69, 9.17) is 0 Å². The van der Waals surface area contributed by atoms with Crippen molar-refractivity contribution >= 4 is 12.0 Å². The maximum Gasteiger partial charge on any atom is 1.00 e. The molecule has 3 nitrogen and oxygen atoms in total. The van der Waals surface area contributed by atoms with Gasteiger partial charge in [0.2, 0.25) is 0 Å².